The first-order valence-corrected chi connectivity index (χ1v) is 7.61. The number of halogens is 1. The largest absolute Gasteiger partial charge is 0.352 e. The molecule has 0 atom stereocenters. The molecule has 3 nitrogen and oxygen atoms in total. The number of rotatable bonds is 2. The van der Waals surface area contributed by atoms with Crippen LogP contribution in [-0.2, 0) is 0 Å². The molecule has 118 valence electrons. The Kier molecular flexibility index (Phi) is 4.53. The van der Waals surface area contributed by atoms with Crippen LogP contribution in [0.3, 0.4) is 0 Å². The van der Waals surface area contributed by atoms with Crippen molar-refractivity contribution in [3.8, 4) is 11.8 Å². The number of carbonyl (C=O) groups excluding carboxylic acids is 1. The van der Waals surface area contributed by atoms with Crippen molar-refractivity contribution in [2.75, 3.05) is 6.54 Å². The van der Waals surface area contributed by atoms with Crippen molar-refractivity contribution in [3.63, 3.8) is 0 Å². The zero-order chi connectivity index (χ0) is 16.9. The first kappa shape index (κ1) is 15.7. The van der Waals surface area contributed by atoms with E-state index in [2.05, 4.69) is 22.1 Å². The number of hydrogen-bond acceptors (Lipinski definition) is 2. The summed E-state index contributed by atoms with van der Waals surface area (Å²) in [6, 6.07) is 12.1. The number of benzene rings is 2. The first-order chi connectivity index (χ1) is 11.7. The second-order valence-corrected chi connectivity index (χ2v) is 5.21. The Morgan fingerprint density at radius 2 is 2.00 bits per heavy atom. The van der Waals surface area contributed by atoms with Gasteiger partial charge in [-0.05, 0) is 25.1 Å². The monoisotopic (exact) mass is 318 g/mol. The molecular formula is C20H15FN2O. The van der Waals surface area contributed by atoms with E-state index in [9.17, 15) is 9.18 Å². The molecule has 0 aliphatic rings. The summed E-state index contributed by atoms with van der Waals surface area (Å²) >= 11 is 0. The van der Waals surface area contributed by atoms with Crippen LogP contribution < -0.4 is 5.32 Å². The van der Waals surface area contributed by atoms with Gasteiger partial charge in [-0.25, -0.2) is 4.39 Å². The maximum absolute atomic E-state index is 13.8. The first-order valence-electron chi connectivity index (χ1n) is 7.61. The smallest absolute Gasteiger partial charge is 0.254 e. The van der Waals surface area contributed by atoms with Gasteiger partial charge in [0.25, 0.3) is 5.91 Å². The molecule has 0 bridgehead atoms. The highest BCUT2D eigenvalue weighted by atomic mass is 19.1. The zero-order valence-electron chi connectivity index (χ0n) is 13.1. The average molecular weight is 318 g/mol. The van der Waals surface area contributed by atoms with Gasteiger partial charge >= 0.3 is 0 Å². The molecule has 0 aliphatic heterocycles. The van der Waals surface area contributed by atoms with E-state index in [0.717, 1.165) is 16.3 Å². The third-order valence-electron chi connectivity index (χ3n) is 3.56. The molecular weight excluding hydrogens is 303 g/mol. The lowest BCUT2D eigenvalue weighted by Gasteiger charge is -2.04. The number of fused-ring (bicyclic) bond motifs is 1. The van der Waals surface area contributed by atoms with Crippen molar-refractivity contribution >= 4 is 16.7 Å². The Morgan fingerprint density at radius 1 is 1.17 bits per heavy atom. The van der Waals surface area contributed by atoms with Gasteiger partial charge in [-0.15, -0.1) is 0 Å². The van der Waals surface area contributed by atoms with Gasteiger partial charge in [0.15, 0.2) is 0 Å². The molecule has 0 aliphatic carbocycles. The van der Waals surface area contributed by atoms with Gasteiger partial charge < -0.3 is 5.32 Å². The number of nitrogens with one attached hydrogen (secondary N) is 1. The maximum Gasteiger partial charge on any atom is 0.254 e. The highest BCUT2D eigenvalue weighted by Gasteiger charge is 2.10. The number of aromatic nitrogens is 1. The lowest BCUT2D eigenvalue weighted by atomic mass is 10.1. The van der Waals surface area contributed by atoms with Crippen LogP contribution in [0, 0.1) is 17.7 Å². The summed E-state index contributed by atoms with van der Waals surface area (Å²) in [6.45, 7) is 2.23. The van der Waals surface area contributed by atoms with E-state index in [1.54, 1.807) is 25.4 Å². The van der Waals surface area contributed by atoms with Crippen LogP contribution in [0.1, 0.15) is 28.4 Å². The highest BCUT2D eigenvalue weighted by molar-refractivity contribution is 5.94. The van der Waals surface area contributed by atoms with Crippen LogP contribution >= 0.6 is 0 Å². The second-order valence-electron chi connectivity index (χ2n) is 5.21. The van der Waals surface area contributed by atoms with Crippen molar-refractivity contribution in [1.82, 2.24) is 10.3 Å². The number of pyridine rings is 1. The molecule has 0 fully saturated rings. The van der Waals surface area contributed by atoms with Gasteiger partial charge in [0, 0.05) is 35.3 Å². The van der Waals surface area contributed by atoms with Gasteiger partial charge in [-0.3, -0.25) is 9.78 Å². The van der Waals surface area contributed by atoms with Crippen molar-refractivity contribution < 1.29 is 9.18 Å². The van der Waals surface area contributed by atoms with E-state index in [-0.39, 0.29) is 5.56 Å². The number of carbonyl (C=O) groups is 1. The fourth-order valence-electron chi connectivity index (χ4n) is 2.39. The lowest BCUT2D eigenvalue weighted by molar-refractivity contribution is 0.0952. The van der Waals surface area contributed by atoms with Gasteiger partial charge in [0.2, 0.25) is 0 Å². The van der Waals surface area contributed by atoms with Gasteiger partial charge in [0.1, 0.15) is 5.82 Å². The quantitative estimate of drug-likeness (QED) is 0.735. The topological polar surface area (TPSA) is 42.0 Å². The maximum atomic E-state index is 13.8. The van der Waals surface area contributed by atoms with Gasteiger partial charge in [-0.1, -0.05) is 36.1 Å². The standard InChI is InChI=1S/C20H15FN2O/c1-2-23-20(24)18-11-14(8-10-19(18)21)7-9-16-13-22-12-15-5-3-4-6-17(15)16/h3-6,8,10-13H,2H2,1H3,(H,23,24). The summed E-state index contributed by atoms with van der Waals surface area (Å²) in [7, 11) is 0. The number of nitrogens with zero attached hydrogens (tertiary/aromatic N) is 1. The number of hydrogen-bond donors (Lipinski definition) is 1. The molecule has 3 aromatic rings. The molecule has 1 N–H and O–H groups in total. The normalized spacial score (nSPS) is 10.1. The molecule has 0 unspecified atom stereocenters. The van der Waals surface area contributed by atoms with Crippen LogP contribution in [0.25, 0.3) is 10.8 Å². The molecule has 1 heterocycles. The minimum absolute atomic E-state index is 0.000283. The van der Waals surface area contributed by atoms with E-state index in [0.29, 0.717) is 12.1 Å². The van der Waals surface area contributed by atoms with E-state index in [4.69, 9.17) is 0 Å². The summed E-state index contributed by atoms with van der Waals surface area (Å²) in [5.41, 5.74) is 1.36. The van der Waals surface area contributed by atoms with Crippen LogP contribution in [0.15, 0.2) is 54.9 Å². The Bertz CT molecular complexity index is 965. The summed E-state index contributed by atoms with van der Waals surface area (Å²) in [5.74, 6) is 5.04. The molecule has 0 saturated carbocycles. The van der Waals surface area contributed by atoms with E-state index in [1.807, 2.05) is 24.3 Å². The summed E-state index contributed by atoms with van der Waals surface area (Å²) in [4.78, 5) is 16.0. The van der Waals surface area contributed by atoms with Gasteiger partial charge in [-0.2, -0.15) is 0 Å². The molecule has 0 spiro atoms. The highest BCUT2D eigenvalue weighted by Crippen LogP contribution is 2.16. The Morgan fingerprint density at radius 3 is 2.83 bits per heavy atom. The van der Waals surface area contributed by atoms with Gasteiger partial charge in [0.05, 0.1) is 11.1 Å². The predicted octanol–water partition coefficient (Wildman–Crippen LogP) is 3.52. The van der Waals surface area contributed by atoms with E-state index >= 15 is 0 Å². The fourth-order valence-corrected chi connectivity index (χ4v) is 2.39. The Balaban J connectivity index is 1.99. The van der Waals surface area contributed by atoms with Crippen LogP contribution in [0.2, 0.25) is 0 Å². The molecule has 1 amide bonds. The van der Waals surface area contributed by atoms with Crippen molar-refractivity contribution in [1.29, 1.82) is 0 Å². The SMILES string of the molecule is CCNC(=O)c1cc(C#Cc2cncc3ccccc23)ccc1F. The molecule has 4 heteroatoms. The minimum Gasteiger partial charge on any atom is -0.352 e. The molecule has 2 aromatic carbocycles. The second kappa shape index (κ2) is 6.93. The van der Waals surface area contributed by atoms with E-state index < -0.39 is 11.7 Å². The molecule has 3 rings (SSSR count). The van der Waals surface area contributed by atoms with Crippen LogP contribution in [-0.4, -0.2) is 17.4 Å². The van der Waals surface area contributed by atoms with Crippen LogP contribution in [0.5, 0.6) is 0 Å². The average Bonchev–Trinajstić information content (AvgIpc) is 2.61. The lowest BCUT2D eigenvalue weighted by Crippen LogP contribution is -2.23. The molecule has 24 heavy (non-hydrogen) atoms. The summed E-state index contributed by atoms with van der Waals surface area (Å²) in [5, 5.41) is 4.60. The Hall–Kier alpha value is -3.19. The molecule has 0 radical (unpaired) electrons. The fraction of sp³-hybridized carbons (Fsp3) is 0.100. The third-order valence-corrected chi connectivity index (χ3v) is 3.56. The van der Waals surface area contributed by atoms with Crippen molar-refractivity contribution in [2.45, 2.75) is 6.92 Å². The molecule has 1 aromatic heterocycles. The predicted molar refractivity (Wildman–Crippen MR) is 92.1 cm³/mol. The zero-order valence-corrected chi connectivity index (χ0v) is 13.1. The third kappa shape index (κ3) is 3.26. The molecule has 0 saturated heterocycles. The summed E-state index contributed by atoms with van der Waals surface area (Å²) < 4.78 is 13.8. The summed E-state index contributed by atoms with van der Waals surface area (Å²) in [6.07, 6.45) is 3.48. The Labute approximate surface area is 139 Å². The van der Waals surface area contributed by atoms with E-state index in [1.165, 1.54) is 12.1 Å². The van der Waals surface area contributed by atoms with Crippen molar-refractivity contribution in [2.24, 2.45) is 0 Å². The minimum atomic E-state index is -0.557. The van der Waals surface area contributed by atoms with Crippen molar-refractivity contribution in [3.05, 3.63) is 77.4 Å². The van der Waals surface area contributed by atoms with Crippen LogP contribution in [0.4, 0.5) is 4.39 Å². The number of amides is 1.